The molecule has 1 aromatic heterocycles. The monoisotopic (exact) mass is 325 g/mol. The molecule has 0 saturated carbocycles. The number of nitrogens with zero attached hydrogens (tertiary/aromatic N) is 3. The van der Waals surface area contributed by atoms with Crippen LogP contribution in [-0.4, -0.2) is 29.3 Å². The molecule has 2 heterocycles. The SMILES string of the molecule is CCCCc1cnc(Br)c(N2CCC(C=O)CC2)n1. The summed E-state index contributed by atoms with van der Waals surface area (Å²) >= 11 is 3.48. The first kappa shape index (κ1) is 14.4. The molecule has 0 N–H and O–H groups in total. The number of piperidine rings is 1. The summed E-state index contributed by atoms with van der Waals surface area (Å²) in [6, 6.07) is 0. The first-order valence-corrected chi connectivity index (χ1v) is 7.75. The molecule has 2 rings (SSSR count). The second kappa shape index (κ2) is 6.98. The number of aromatic nitrogens is 2. The number of unbranched alkanes of at least 4 members (excludes halogenated alkanes) is 1. The van der Waals surface area contributed by atoms with Gasteiger partial charge in [-0.2, -0.15) is 0 Å². The van der Waals surface area contributed by atoms with Crippen LogP contribution in [0.1, 0.15) is 38.3 Å². The van der Waals surface area contributed by atoms with Crippen LogP contribution < -0.4 is 4.90 Å². The highest BCUT2D eigenvalue weighted by Crippen LogP contribution is 2.26. The zero-order chi connectivity index (χ0) is 13.7. The average molecular weight is 326 g/mol. The molecular weight excluding hydrogens is 306 g/mol. The van der Waals surface area contributed by atoms with Gasteiger partial charge in [0.1, 0.15) is 10.9 Å². The normalized spacial score (nSPS) is 16.6. The van der Waals surface area contributed by atoms with Gasteiger partial charge in [0.05, 0.1) is 5.69 Å². The second-order valence-corrected chi connectivity index (χ2v) is 5.79. The number of carbonyl (C=O) groups is 1. The van der Waals surface area contributed by atoms with E-state index in [1.54, 1.807) is 0 Å². The molecule has 1 aliphatic heterocycles. The van der Waals surface area contributed by atoms with Crippen molar-refractivity contribution in [1.29, 1.82) is 0 Å². The molecule has 0 atom stereocenters. The molecule has 4 nitrogen and oxygen atoms in total. The topological polar surface area (TPSA) is 46.1 Å². The molecule has 1 saturated heterocycles. The summed E-state index contributed by atoms with van der Waals surface area (Å²) in [5, 5.41) is 0. The fraction of sp³-hybridized carbons (Fsp3) is 0.643. The van der Waals surface area contributed by atoms with E-state index in [4.69, 9.17) is 4.98 Å². The van der Waals surface area contributed by atoms with E-state index in [1.807, 2.05) is 6.20 Å². The van der Waals surface area contributed by atoms with E-state index >= 15 is 0 Å². The molecule has 0 amide bonds. The first-order chi connectivity index (χ1) is 9.24. The van der Waals surface area contributed by atoms with Crippen molar-refractivity contribution in [3.63, 3.8) is 0 Å². The molecule has 1 aromatic rings. The van der Waals surface area contributed by atoms with Crippen molar-refractivity contribution in [2.45, 2.75) is 39.0 Å². The van der Waals surface area contributed by atoms with E-state index in [0.29, 0.717) is 0 Å². The number of halogens is 1. The molecule has 0 aromatic carbocycles. The van der Waals surface area contributed by atoms with Gasteiger partial charge in [-0.1, -0.05) is 13.3 Å². The highest BCUT2D eigenvalue weighted by Gasteiger charge is 2.21. The quantitative estimate of drug-likeness (QED) is 0.781. The molecule has 0 aliphatic carbocycles. The Labute approximate surface area is 122 Å². The van der Waals surface area contributed by atoms with E-state index in [1.165, 1.54) is 0 Å². The summed E-state index contributed by atoms with van der Waals surface area (Å²) in [6.07, 6.45) is 8.04. The van der Waals surface area contributed by atoms with Gasteiger partial charge in [-0.25, -0.2) is 9.97 Å². The van der Waals surface area contributed by atoms with Gasteiger partial charge >= 0.3 is 0 Å². The number of anilines is 1. The van der Waals surface area contributed by atoms with Gasteiger partial charge in [0.15, 0.2) is 5.82 Å². The van der Waals surface area contributed by atoms with Gasteiger partial charge in [0.2, 0.25) is 0 Å². The Bertz CT molecular complexity index is 431. The number of aldehydes is 1. The number of carbonyl (C=O) groups excluding carboxylic acids is 1. The highest BCUT2D eigenvalue weighted by molar-refractivity contribution is 9.10. The maximum absolute atomic E-state index is 10.8. The molecular formula is C14H20BrN3O. The van der Waals surface area contributed by atoms with Crippen molar-refractivity contribution < 1.29 is 4.79 Å². The van der Waals surface area contributed by atoms with Crippen molar-refractivity contribution in [2.24, 2.45) is 5.92 Å². The van der Waals surface area contributed by atoms with Gasteiger partial charge in [0.25, 0.3) is 0 Å². The lowest BCUT2D eigenvalue weighted by Crippen LogP contribution is -2.35. The Morgan fingerprint density at radius 1 is 1.47 bits per heavy atom. The Morgan fingerprint density at radius 3 is 2.84 bits per heavy atom. The smallest absolute Gasteiger partial charge is 0.162 e. The number of aryl methyl sites for hydroxylation is 1. The number of hydrogen-bond acceptors (Lipinski definition) is 4. The molecule has 1 fully saturated rings. The minimum absolute atomic E-state index is 0.214. The molecule has 0 bridgehead atoms. The van der Waals surface area contributed by atoms with Crippen LogP contribution in [0.15, 0.2) is 10.8 Å². The zero-order valence-corrected chi connectivity index (χ0v) is 12.9. The Morgan fingerprint density at radius 2 is 2.21 bits per heavy atom. The van der Waals surface area contributed by atoms with Crippen molar-refractivity contribution >= 4 is 28.0 Å². The van der Waals surface area contributed by atoms with Gasteiger partial charge in [-0.15, -0.1) is 0 Å². The van der Waals surface area contributed by atoms with Crippen LogP contribution in [0.3, 0.4) is 0 Å². The van der Waals surface area contributed by atoms with Crippen molar-refractivity contribution in [3.05, 3.63) is 16.5 Å². The molecule has 104 valence electrons. The highest BCUT2D eigenvalue weighted by atomic mass is 79.9. The second-order valence-electron chi connectivity index (χ2n) is 5.04. The fourth-order valence-corrected chi connectivity index (χ4v) is 2.77. The third-order valence-corrected chi connectivity index (χ3v) is 4.14. The van der Waals surface area contributed by atoms with E-state index in [2.05, 4.69) is 32.7 Å². The van der Waals surface area contributed by atoms with Gasteiger partial charge in [-0.3, -0.25) is 0 Å². The summed E-state index contributed by atoms with van der Waals surface area (Å²) in [4.78, 5) is 22.1. The maximum atomic E-state index is 10.8. The Hall–Kier alpha value is -0.970. The molecule has 0 spiro atoms. The lowest BCUT2D eigenvalue weighted by atomic mass is 9.99. The Kier molecular flexibility index (Phi) is 5.31. The van der Waals surface area contributed by atoms with Crippen LogP contribution >= 0.6 is 15.9 Å². The van der Waals surface area contributed by atoms with Crippen LogP contribution in [-0.2, 0) is 11.2 Å². The van der Waals surface area contributed by atoms with E-state index in [-0.39, 0.29) is 5.92 Å². The molecule has 1 aliphatic rings. The Balaban J connectivity index is 2.08. The number of hydrogen-bond donors (Lipinski definition) is 0. The van der Waals surface area contributed by atoms with Crippen LogP contribution in [0.25, 0.3) is 0 Å². The lowest BCUT2D eigenvalue weighted by molar-refractivity contribution is -0.111. The molecule has 0 unspecified atom stereocenters. The van der Waals surface area contributed by atoms with Crippen LogP contribution in [0.4, 0.5) is 5.82 Å². The summed E-state index contributed by atoms with van der Waals surface area (Å²) in [5.41, 5.74) is 1.05. The molecule has 5 heteroatoms. The predicted molar refractivity (Wildman–Crippen MR) is 79.3 cm³/mol. The standard InChI is InChI=1S/C14H20BrN3O/c1-2-3-4-12-9-16-13(15)14(17-12)18-7-5-11(10-19)6-8-18/h9-11H,2-8H2,1H3. The van der Waals surface area contributed by atoms with Gasteiger partial charge in [-0.05, 0) is 41.6 Å². The third-order valence-electron chi connectivity index (χ3n) is 3.58. The van der Waals surface area contributed by atoms with Crippen molar-refractivity contribution in [1.82, 2.24) is 9.97 Å². The van der Waals surface area contributed by atoms with E-state index in [0.717, 1.165) is 67.6 Å². The summed E-state index contributed by atoms with van der Waals surface area (Å²) < 4.78 is 0.803. The summed E-state index contributed by atoms with van der Waals surface area (Å²) in [7, 11) is 0. The predicted octanol–water partition coefficient (Wildman–Crippen LogP) is 3.00. The van der Waals surface area contributed by atoms with Crippen LogP contribution in [0, 0.1) is 5.92 Å². The van der Waals surface area contributed by atoms with E-state index < -0.39 is 0 Å². The van der Waals surface area contributed by atoms with Gasteiger partial charge < -0.3 is 9.69 Å². The van der Waals surface area contributed by atoms with Crippen LogP contribution in [0.2, 0.25) is 0 Å². The van der Waals surface area contributed by atoms with Gasteiger partial charge in [0, 0.05) is 25.2 Å². The third kappa shape index (κ3) is 3.75. The minimum atomic E-state index is 0.214. The summed E-state index contributed by atoms with van der Waals surface area (Å²) in [6.45, 7) is 3.94. The molecule has 19 heavy (non-hydrogen) atoms. The maximum Gasteiger partial charge on any atom is 0.162 e. The average Bonchev–Trinajstić information content (AvgIpc) is 2.46. The minimum Gasteiger partial charge on any atom is -0.354 e. The zero-order valence-electron chi connectivity index (χ0n) is 11.3. The largest absolute Gasteiger partial charge is 0.354 e. The molecule has 0 radical (unpaired) electrons. The fourth-order valence-electron chi connectivity index (χ4n) is 2.33. The van der Waals surface area contributed by atoms with Crippen molar-refractivity contribution in [2.75, 3.05) is 18.0 Å². The van der Waals surface area contributed by atoms with Crippen LogP contribution in [0.5, 0.6) is 0 Å². The summed E-state index contributed by atoms with van der Waals surface area (Å²) in [5.74, 6) is 1.14. The van der Waals surface area contributed by atoms with E-state index in [9.17, 15) is 4.79 Å². The first-order valence-electron chi connectivity index (χ1n) is 6.96. The lowest BCUT2D eigenvalue weighted by Gasteiger charge is -2.31. The van der Waals surface area contributed by atoms with Crippen molar-refractivity contribution in [3.8, 4) is 0 Å². The number of rotatable bonds is 5.